The topological polar surface area (TPSA) is 49.8 Å². The van der Waals surface area contributed by atoms with Crippen molar-refractivity contribution in [2.24, 2.45) is 0 Å². The van der Waals surface area contributed by atoms with E-state index in [-0.39, 0.29) is 10.0 Å². The number of nitrogens with one attached hydrogen (secondary N) is 2. The molecule has 0 amide bonds. The number of hydrogen-bond acceptors (Lipinski definition) is 4. The Labute approximate surface area is 140 Å². The molecule has 0 spiro atoms. The van der Waals surface area contributed by atoms with Crippen LogP contribution in [0.5, 0.6) is 0 Å². The van der Waals surface area contributed by atoms with E-state index in [2.05, 4.69) is 36.5 Å². The van der Waals surface area contributed by atoms with Crippen LogP contribution >= 0.6 is 39.1 Å². The lowest BCUT2D eigenvalue weighted by atomic mass is 10.3. The molecule has 2 aromatic rings. The lowest BCUT2D eigenvalue weighted by molar-refractivity contribution is 0.629. The maximum absolute atomic E-state index is 13.4. The molecule has 4 nitrogen and oxygen atoms in total. The quantitative estimate of drug-likeness (QED) is 0.681. The van der Waals surface area contributed by atoms with Gasteiger partial charge in [-0.25, -0.2) is 9.37 Å². The predicted molar refractivity (Wildman–Crippen MR) is 88.2 cm³/mol. The standard InChI is InChI=1S/C13H12BrCl2FN4/c1-2-3-18-13-19-6-8(14)12(21-13)20-7-4-9(15)11(17)10(16)5-7/h4-6H,2-3H2,1H3,(H2,18,19,20,21). The molecule has 0 aliphatic heterocycles. The van der Waals surface area contributed by atoms with Crippen molar-refractivity contribution in [3.05, 3.63) is 38.7 Å². The second-order valence-corrected chi connectivity index (χ2v) is 5.86. The van der Waals surface area contributed by atoms with Crippen LogP contribution in [-0.2, 0) is 0 Å². The molecule has 2 rings (SSSR count). The molecule has 0 aliphatic carbocycles. The molecule has 0 saturated carbocycles. The summed E-state index contributed by atoms with van der Waals surface area (Å²) in [4.78, 5) is 8.47. The molecular weight excluding hydrogens is 382 g/mol. The van der Waals surface area contributed by atoms with Crippen molar-refractivity contribution in [1.29, 1.82) is 0 Å². The van der Waals surface area contributed by atoms with Crippen LogP contribution in [0.4, 0.5) is 21.8 Å². The van der Waals surface area contributed by atoms with Gasteiger partial charge < -0.3 is 10.6 Å². The Balaban J connectivity index is 2.26. The monoisotopic (exact) mass is 392 g/mol. The zero-order valence-electron chi connectivity index (χ0n) is 11.1. The number of halogens is 4. The zero-order chi connectivity index (χ0) is 15.4. The molecule has 1 aromatic carbocycles. The van der Waals surface area contributed by atoms with Gasteiger partial charge in [0, 0.05) is 18.4 Å². The summed E-state index contributed by atoms with van der Waals surface area (Å²) < 4.78 is 14.1. The lowest BCUT2D eigenvalue weighted by Crippen LogP contribution is -2.06. The molecule has 1 heterocycles. The Kier molecular flexibility index (Phi) is 5.61. The van der Waals surface area contributed by atoms with Gasteiger partial charge in [0.15, 0.2) is 5.82 Å². The van der Waals surface area contributed by atoms with E-state index in [4.69, 9.17) is 23.2 Å². The number of hydrogen-bond donors (Lipinski definition) is 2. The molecule has 0 radical (unpaired) electrons. The van der Waals surface area contributed by atoms with Gasteiger partial charge in [-0.2, -0.15) is 4.98 Å². The highest BCUT2D eigenvalue weighted by atomic mass is 79.9. The first-order chi connectivity index (χ1) is 10.0. The predicted octanol–water partition coefficient (Wildman–Crippen LogP) is 5.25. The highest BCUT2D eigenvalue weighted by Gasteiger charge is 2.10. The van der Waals surface area contributed by atoms with E-state index in [1.54, 1.807) is 6.20 Å². The number of anilines is 3. The number of nitrogens with zero attached hydrogens (tertiary/aromatic N) is 2. The smallest absolute Gasteiger partial charge is 0.224 e. The first-order valence-electron chi connectivity index (χ1n) is 6.19. The van der Waals surface area contributed by atoms with Gasteiger partial charge in [-0.15, -0.1) is 0 Å². The average molecular weight is 394 g/mol. The van der Waals surface area contributed by atoms with Gasteiger partial charge in [0.1, 0.15) is 5.82 Å². The van der Waals surface area contributed by atoms with E-state index in [1.807, 2.05) is 6.92 Å². The maximum atomic E-state index is 13.4. The van der Waals surface area contributed by atoms with Crippen LogP contribution in [0.25, 0.3) is 0 Å². The largest absolute Gasteiger partial charge is 0.354 e. The van der Waals surface area contributed by atoms with E-state index < -0.39 is 5.82 Å². The minimum absolute atomic E-state index is 0.0560. The number of benzene rings is 1. The molecule has 0 atom stereocenters. The van der Waals surface area contributed by atoms with Crippen LogP contribution in [0.1, 0.15) is 13.3 Å². The molecule has 0 saturated heterocycles. The van der Waals surface area contributed by atoms with Crippen molar-refractivity contribution in [3.63, 3.8) is 0 Å². The van der Waals surface area contributed by atoms with E-state index in [0.29, 0.717) is 21.9 Å². The minimum atomic E-state index is -0.643. The Morgan fingerprint density at radius 3 is 2.57 bits per heavy atom. The third-order valence-electron chi connectivity index (χ3n) is 2.52. The number of aromatic nitrogens is 2. The highest BCUT2D eigenvalue weighted by Crippen LogP contribution is 2.30. The molecule has 21 heavy (non-hydrogen) atoms. The molecule has 1 aromatic heterocycles. The summed E-state index contributed by atoms with van der Waals surface area (Å²) in [5.41, 5.74) is 0.534. The molecule has 0 fully saturated rings. The first kappa shape index (κ1) is 16.3. The lowest BCUT2D eigenvalue weighted by Gasteiger charge is -2.11. The maximum Gasteiger partial charge on any atom is 0.224 e. The van der Waals surface area contributed by atoms with Crippen molar-refractivity contribution in [3.8, 4) is 0 Å². The Morgan fingerprint density at radius 2 is 1.95 bits per heavy atom. The fourth-order valence-corrected chi connectivity index (χ4v) is 2.32. The van der Waals surface area contributed by atoms with Crippen LogP contribution in [-0.4, -0.2) is 16.5 Å². The van der Waals surface area contributed by atoms with Crippen LogP contribution in [0.3, 0.4) is 0 Å². The fraction of sp³-hybridized carbons (Fsp3) is 0.231. The molecule has 2 N–H and O–H groups in total. The van der Waals surface area contributed by atoms with Gasteiger partial charge in [-0.05, 0) is 34.5 Å². The van der Waals surface area contributed by atoms with Crippen LogP contribution in [0, 0.1) is 5.82 Å². The molecular formula is C13H12BrCl2FN4. The highest BCUT2D eigenvalue weighted by molar-refractivity contribution is 9.10. The molecule has 112 valence electrons. The number of rotatable bonds is 5. The van der Waals surface area contributed by atoms with Gasteiger partial charge in [0.25, 0.3) is 0 Å². The summed E-state index contributed by atoms with van der Waals surface area (Å²) in [5.74, 6) is 0.389. The Hall–Kier alpha value is -1.11. The summed E-state index contributed by atoms with van der Waals surface area (Å²) in [6.45, 7) is 2.82. The van der Waals surface area contributed by atoms with Crippen LogP contribution in [0.15, 0.2) is 22.8 Å². The third-order valence-corrected chi connectivity index (χ3v) is 3.65. The summed E-state index contributed by atoms with van der Waals surface area (Å²) in [6.07, 6.45) is 2.59. The van der Waals surface area contributed by atoms with E-state index in [0.717, 1.165) is 13.0 Å². The summed E-state index contributed by atoms with van der Waals surface area (Å²) in [7, 11) is 0. The Bertz CT molecular complexity index is 631. The van der Waals surface area contributed by atoms with Gasteiger partial charge in [0.2, 0.25) is 5.95 Å². The van der Waals surface area contributed by atoms with Gasteiger partial charge in [-0.1, -0.05) is 30.1 Å². The van der Waals surface area contributed by atoms with Crippen molar-refractivity contribution in [2.45, 2.75) is 13.3 Å². The zero-order valence-corrected chi connectivity index (χ0v) is 14.2. The average Bonchev–Trinajstić information content (AvgIpc) is 2.45. The van der Waals surface area contributed by atoms with Crippen LogP contribution < -0.4 is 10.6 Å². The van der Waals surface area contributed by atoms with Gasteiger partial charge >= 0.3 is 0 Å². The van der Waals surface area contributed by atoms with Gasteiger partial charge in [0.05, 0.1) is 14.5 Å². The SMILES string of the molecule is CCCNc1ncc(Br)c(Nc2cc(Cl)c(F)c(Cl)c2)n1. The van der Waals surface area contributed by atoms with Crippen LogP contribution in [0.2, 0.25) is 10.0 Å². The van der Waals surface area contributed by atoms with E-state index >= 15 is 0 Å². The third kappa shape index (κ3) is 4.18. The first-order valence-corrected chi connectivity index (χ1v) is 7.74. The minimum Gasteiger partial charge on any atom is -0.354 e. The Morgan fingerprint density at radius 1 is 1.29 bits per heavy atom. The summed E-state index contributed by atoms with van der Waals surface area (Å²) in [5, 5.41) is 6.00. The fourth-order valence-electron chi connectivity index (χ4n) is 1.54. The van der Waals surface area contributed by atoms with Crippen molar-refractivity contribution in [2.75, 3.05) is 17.2 Å². The van der Waals surface area contributed by atoms with E-state index in [1.165, 1.54) is 12.1 Å². The second-order valence-electron chi connectivity index (χ2n) is 4.20. The van der Waals surface area contributed by atoms with E-state index in [9.17, 15) is 4.39 Å². The van der Waals surface area contributed by atoms with Crippen molar-refractivity contribution >= 4 is 56.6 Å². The summed E-state index contributed by atoms with van der Waals surface area (Å²) in [6, 6.07) is 2.88. The van der Waals surface area contributed by atoms with Gasteiger partial charge in [-0.3, -0.25) is 0 Å². The van der Waals surface area contributed by atoms with Crippen molar-refractivity contribution in [1.82, 2.24) is 9.97 Å². The normalized spacial score (nSPS) is 10.5. The molecule has 0 bridgehead atoms. The molecule has 8 heteroatoms. The summed E-state index contributed by atoms with van der Waals surface area (Å²) >= 11 is 14.9. The molecule has 0 unspecified atom stereocenters. The van der Waals surface area contributed by atoms with Crippen molar-refractivity contribution < 1.29 is 4.39 Å². The molecule has 0 aliphatic rings. The second kappa shape index (κ2) is 7.24.